The quantitative estimate of drug-likeness (QED) is 0.241. The first-order valence-electron chi connectivity index (χ1n) is 2.84. The van der Waals surface area contributed by atoms with Crippen molar-refractivity contribution in [3.8, 4) is 0 Å². The zero-order valence-corrected chi connectivity index (χ0v) is 6.67. The molecule has 5 nitrogen and oxygen atoms in total. The summed E-state index contributed by atoms with van der Waals surface area (Å²) in [6, 6.07) is 0. The van der Waals surface area contributed by atoms with Crippen LogP contribution in [0.25, 0.3) is 0 Å². The Morgan fingerprint density at radius 2 is 2.27 bits per heavy atom. The molecule has 0 atom stereocenters. The minimum atomic E-state index is -2.60. The average molecular weight is 179 g/mol. The van der Waals surface area contributed by atoms with Gasteiger partial charge in [0.25, 0.3) is 0 Å². The van der Waals surface area contributed by atoms with Gasteiger partial charge < -0.3 is 4.74 Å². The van der Waals surface area contributed by atoms with Gasteiger partial charge in [0.15, 0.2) is 0 Å². The van der Waals surface area contributed by atoms with Gasteiger partial charge in [0.05, 0.1) is 0 Å². The minimum Gasteiger partial charge on any atom is -0.461 e. The lowest BCUT2D eigenvalue weighted by Crippen LogP contribution is -2.19. The maximum atomic E-state index is 10.3. The van der Waals surface area contributed by atoms with E-state index in [-0.39, 0.29) is 13.2 Å². The van der Waals surface area contributed by atoms with Crippen LogP contribution in [0.4, 0.5) is 0 Å². The Bertz CT molecular complexity index is 203. The van der Waals surface area contributed by atoms with Gasteiger partial charge in [-0.05, 0) is 0 Å². The standard InChI is InChI=1S/C5H9NO4S/c1-2-5(7)10-4-3-6-11(8)9/h2,11H,1,3-4H2,(H,6,8,9). The van der Waals surface area contributed by atoms with Crippen LogP contribution < -0.4 is 4.72 Å². The molecule has 64 valence electrons. The van der Waals surface area contributed by atoms with Gasteiger partial charge in [-0.25, -0.2) is 17.9 Å². The van der Waals surface area contributed by atoms with E-state index >= 15 is 0 Å². The minimum absolute atomic E-state index is 0.0220. The maximum Gasteiger partial charge on any atom is 0.330 e. The molecule has 0 aliphatic rings. The number of nitrogens with one attached hydrogen (secondary N) is 1. The van der Waals surface area contributed by atoms with E-state index in [0.717, 1.165) is 6.08 Å². The lowest BCUT2D eigenvalue weighted by Gasteiger charge is -1.98. The van der Waals surface area contributed by atoms with Gasteiger partial charge in [-0.15, -0.1) is 0 Å². The summed E-state index contributed by atoms with van der Waals surface area (Å²) in [6.07, 6.45) is 1.01. The largest absolute Gasteiger partial charge is 0.461 e. The van der Waals surface area contributed by atoms with Crippen molar-refractivity contribution in [1.82, 2.24) is 4.72 Å². The third-order valence-electron chi connectivity index (χ3n) is 0.754. The Balaban J connectivity index is 3.28. The van der Waals surface area contributed by atoms with E-state index in [1.807, 2.05) is 0 Å². The SMILES string of the molecule is C=CC(=O)OCCN[SH](=O)=O. The number of ether oxygens (including phenoxy) is 1. The molecule has 0 heterocycles. The van der Waals surface area contributed by atoms with Gasteiger partial charge in [-0.2, -0.15) is 0 Å². The van der Waals surface area contributed by atoms with E-state index in [9.17, 15) is 13.2 Å². The Labute approximate surface area is 66.1 Å². The predicted octanol–water partition coefficient (Wildman–Crippen LogP) is -1.17. The molecule has 0 aliphatic carbocycles. The molecule has 1 N–H and O–H groups in total. The fourth-order valence-corrected chi connectivity index (χ4v) is 0.621. The number of thiol groups is 1. The molecule has 11 heavy (non-hydrogen) atoms. The molecule has 0 aromatic heterocycles. The van der Waals surface area contributed by atoms with Gasteiger partial charge in [0.1, 0.15) is 6.61 Å². The highest BCUT2D eigenvalue weighted by Crippen LogP contribution is 1.76. The fourth-order valence-electron chi connectivity index (χ4n) is 0.347. The summed E-state index contributed by atoms with van der Waals surface area (Å²) >= 11 is 0. The van der Waals surface area contributed by atoms with Crippen LogP contribution >= 0.6 is 0 Å². The second kappa shape index (κ2) is 5.87. The molecule has 0 rings (SSSR count). The van der Waals surface area contributed by atoms with Crippen LogP contribution in [-0.2, 0) is 20.4 Å². The van der Waals surface area contributed by atoms with Crippen molar-refractivity contribution in [2.45, 2.75) is 0 Å². The fraction of sp³-hybridized carbons (Fsp3) is 0.400. The summed E-state index contributed by atoms with van der Waals surface area (Å²) in [6.45, 7) is 3.28. The molecule has 0 radical (unpaired) electrons. The van der Waals surface area contributed by atoms with Crippen LogP contribution in [0.2, 0.25) is 0 Å². The van der Waals surface area contributed by atoms with E-state index < -0.39 is 16.9 Å². The van der Waals surface area contributed by atoms with Gasteiger partial charge in [-0.1, -0.05) is 6.58 Å². The van der Waals surface area contributed by atoms with E-state index in [1.165, 1.54) is 0 Å². The van der Waals surface area contributed by atoms with Crippen molar-refractivity contribution >= 4 is 16.9 Å². The van der Waals surface area contributed by atoms with E-state index in [2.05, 4.69) is 16.0 Å². The third kappa shape index (κ3) is 7.01. The van der Waals surface area contributed by atoms with Crippen LogP contribution in [0.15, 0.2) is 12.7 Å². The van der Waals surface area contributed by atoms with Gasteiger partial charge in [0.2, 0.25) is 10.9 Å². The van der Waals surface area contributed by atoms with Crippen molar-refractivity contribution in [1.29, 1.82) is 0 Å². The van der Waals surface area contributed by atoms with Crippen molar-refractivity contribution in [2.24, 2.45) is 0 Å². The smallest absolute Gasteiger partial charge is 0.330 e. The number of carbonyl (C=O) groups excluding carboxylic acids is 1. The van der Waals surface area contributed by atoms with Crippen LogP contribution in [0.5, 0.6) is 0 Å². The lowest BCUT2D eigenvalue weighted by atomic mass is 10.6. The molecular weight excluding hydrogens is 170 g/mol. The van der Waals surface area contributed by atoms with Crippen molar-refractivity contribution in [2.75, 3.05) is 13.2 Å². The molecule has 0 aromatic rings. The molecule has 0 saturated heterocycles. The molecule has 0 fully saturated rings. The molecule has 0 aliphatic heterocycles. The van der Waals surface area contributed by atoms with Crippen molar-refractivity contribution in [3.63, 3.8) is 0 Å². The predicted molar refractivity (Wildman–Crippen MR) is 39.5 cm³/mol. The van der Waals surface area contributed by atoms with Crippen LogP contribution in [0, 0.1) is 0 Å². The Hall–Kier alpha value is -0.880. The summed E-state index contributed by atoms with van der Waals surface area (Å²) < 4.78 is 26.3. The monoisotopic (exact) mass is 179 g/mol. The Morgan fingerprint density at radius 3 is 2.73 bits per heavy atom. The molecule has 0 unspecified atom stereocenters. The van der Waals surface area contributed by atoms with Crippen LogP contribution in [0.3, 0.4) is 0 Å². The van der Waals surface area contributed by atoms with Gasteiger partial charge >= 0.3 is 5.97 Å². The first kappa shape index (κ1) is 10.1. The number of hydrogen-bond acceptors (Lipinski definition) is 4. The first-order chi connectivity index (χ1) is 5.16. The van der Waals surface area contributed by atoms with E-state index in [1.54, 1.807) is 0 Å². The Morgan fingerprint density at radius 1 is 1.64 bits per heavy atom. The highest BCUT2D eigenvalue weighted by atomic mass is 32.2. The highest BCUT2D eigenvalue weighted by Gasteiger charge is 1.93. The zero-order chi connectivity index (χ0) is 8.69. The van der Waals surface area contributed by atoms with Crippen LogP contribution in [0.1, 0.15) is 0 Å². The molecule has 0 aromatic carbocycles. The summed E-state index contributed by atoms with van der Waals surface area (Å²) in [7, 11) is -2.60. The highest BCUT2D eigenvalue weighted by molar-refractivity contribution is 7.70. The summed E-state index contributed by atoms with van der Waals surface area (Å²) in [5, 5.41) is 0. The summed E-state index contributed by atoms with van der Waals surface area (Å²) in [4.78, 5) is 10.3. The van der Waals surface area contributed by atoms with Crippen LogP contribution in [-0.4, -0.2) is 27.5 Å². The normalized spacial score (nSPS) is 9.55. The van der Waals surface area contributed by atoms with Crippen molar-refractivity contribution < 1.29 is 17.9 Å². The molecule has 0 saturated carbocycles. The third-order valence-corrected chi connectivity index (χ3v) is 1.24. The average Bonchev–Trinajstić information content (AvgIpc) is 1.97. The summed E-state index contributed by atoms with van der Waals surface area (Å²) in [5.74, 6) is -0.562. The Kier molecular flexibility index (Phi) is 5.40. The van der Waals surface area contributed by atoms with Crippen molar-refractivity contribution in [3.05, 3.63) is 12.7 Å². The number of hydrogen-bond donors (Lipinski definition) is 2. The second-order valence-corrected chi connectivity index (χ2v) is 2.37. The van der Waals surface area contributed by atoms with Gasteiger partial charge in [0, 0.05) is 12.6 Å². The van der Waals surface area contributed by atoms with E-state index in [4.69, 9.17) is 0 Å². The zero-order valence-electron chi connectivity index (χ0n) is 5.78. The number of rotatable bonds is 5. The number of esters is 1. The molecular formula is C5H9NO4S. The maximum absolute atomic E-state index is 10.3. The molecule has 6 heteroatoms. The molecule has 0 spiro atoms. The summed E-state index contributed by atoms with van der Waals surface area (Å²) in [5.41, 5.74) is 0. The molecule has 0 bridgehead atoms. The molecule has 0 amide bonds. The topological polar surface area (TPSA) is 72.5 Å². The van der Waals surface area contributed by atoms with Gasteiger partial charge in [-0.3, -0.25) is 0 Å². The second-order valence-electron chi connectivity index (χ2n) is 1.54. The lowest BCUT2D eigenvalue weighted by molar-refractivity contribution is -0.137. The van der Waals surface area contributed by atoms with E-state index in [0.29, 0.717) is 0 Å². The first-order valence-corrected chi connectivity index (χ1v) is 4.01. The number of carbonyl (C=O) groups is 1.